The Labute approximate surface area is 145 Å². The first-order chi connectivity index (χ1) is 10.7. The molecule has 5 nitrogen and oxygen atoms in total. The van der Waals surface area contributed by atoms with Gasteiger partial charge in [-0.2, -0.15) is 0 Å². The van der Waals surface area contributed by atoms with Gasteiger partial charge in [-0.15, -0.1) is 23.7 Å². The second-order valence-electron chi connectivity index (χ2n) is 5.11. The van der Waals surface area contributed by atoms with Crippen LogP contribution in [0.3, 0.4) is 0 Å². The van der Waals surface area contributed by atoms with Crippen LogP contribution in [0.5, 0.6) is 11.5 Å². The third-order valence-corrected chi connectivity index (χ3v) is 4.58. The number of hydrogen-bond acceptors (Lipinski definition) is 5. The average molecular weight is 355 g/mol. The van der Waals surface area contributed by atoms with Crippen LogP contribution < -0.4 is 14.8 Å². The predicted octanol–water partition coefficient (Wildman–Crippen LogP) is 3.47. The van der Waals surface area contributed by atoms with E-state index in [0.717, 1.165) is 18.5 Å². The number of anilines is 1. The summed E-state index contributed by atoms with van der Waals surface area (Å²) in [5, 5.41) is 3.48. The van der Waals surface area contributed by atoms with E-state index in [4.69, 9.17) is 9.47 Å². The summed E-state index contributed by atoms with van der Waals surface area (Å²) in [6.07, 6.45) is 4.48. The number of hydrogen-bond donors (Lipinski definition) is 1. The van der Waals surface area contributed by atoms with Crippen molar-refractivity contribution in [1.29, 1.82) is 0 Å². The number of aryl methyl sites for hydroxylation is 2. The fourth-order valence-electron chi connectivity index (χ4n) is 2.40. The molecule has 1 aliphatic rings. The summed E-state index contributed by atoms with van der Waals surface area (Å²) in [4.78, 5) is 17.7. The Morgan fingerprint density at radius 2 is 2.09 bits per heavy atom. The van der Waals surface area contributed by atoms with Crippen LogP contribution in [0.4, 0.5) is 5.13 Å². The molecule has 0 aliphatic heterocycles. The largest absolute Gasteiger partial charge is 0.497 e. The Morgan fingerprint density at radius 3 is 2.87 bits per heavy atom. The van der Waals surface area contributed by atoms with Crippen molar-refractivity contribution in [1.82, 2.24) is 4.98 Å². The van der Waals surface area contributed by atoms with E-state index in [2.05, 4.69) is 10.3 Å². The van der Waals surface area contributed by atoms with Crippen LogP contribution in [-0.2, 0) is 17.6 Å². The zero-order valence-electron chi connectivity index (χ0n) is 12.8. The van der Waals surface area contributed by atoms with Crippen LogP contribution in [0.15, 0.2) is 24.3 Å². The number of nitrogens with one attached hydrogen (secondary N) is 1. The van der Waals surface area contributed by atoms with Gasteiger partial charge < -0.3 is 9.47 Å². The van der Waals surface area contributed by atoms with Crippen molar-refractivity contribution in [2.24, 2.45) is 0 Å². The monoisotopic (exact) mass is 354 g/mol. The van der Waals surface area contributed by atoms with Crippen molar-refractivity contribution >= 4 is 34.8 Å². The summed E-state index contributed by atoms with van der Waals surface area (Å²) in [6, 6.07) is 7.18. The van der Waals surface area contributed by atoms with Crippen LogP contribution in [0.1, 0.15) is 23.4 Å². The molecule has 0 fully saturated rings. The standard InChI is InChI=1S/C16H18N2O3S.ClH/c1-20-11-5-4-6-12(9-11)21-10-15(19)18-16-17-13-7-2-3-8-14(13)22-16;/h4-6,9H,2-3,7-8,10H2,1H3,(H,17,18,19);1H. The van der Waals surface area contributed by atoms with Gasteiger partial charge in [0.1, 0.15) is 11.5 Å². The summed E-state index contributed by atoms with van der Waals surface area (Å²) in [5.41, 5.74) is 1.14. The summed E-state index contributed by atoms with van der Waals surface area (Å²) >= 11 is 1.57. The van der Waals surface area contributed by atoms with Crippen molar-refractivity contribution in [3.8, 4) is 11.5 Å². The number of carbonyl (C=O) groups excluding carboxylic acids is 1. The fourth-order valence-corrected chi connectivity index (χ4v) is 3.47. The predicted molar refractivity (Wildman–Crippen MR) is 93.1 cm³/mol. The molecule has 3 rings (SSSR count). The maximum atomic E-state index is 12.0. The van der Waals surface area contributed by atoms with Gasteiger partial charge >= 0.3 is 0 Å². The smallest absolute Gasteiger partial charge is 0.264 e. The van der Waals surface area contributed by atoms with E-state index in [9.17, 15) is 4.79 Å². The van der Waals surface area contributed by atoms with Gasteiger partial charge in [-0.25, -0.2) is 4.98 Å². The van der Waals surface area contributed by atoms with Crippen molar-refractivity contribution in [2.45, 2.75) is 25.7 Å². The molecular formula is C16H19ClN2O3S. The van der Waals surface area contributed by atoms with Gasteiger partial charge in [0.15, 0.2) is 11.7 Å². The maximum absolute atomic E-state index is 12.0. The van der Waals surface area contributed by atoms with E-state index in [-0.39, 0.29) is 24.9 Å². The molecule has 7 heteroatoms. The highest BCUT2D eigenvalue weighted by Crippen LogP contribution is 2.29. The lowest BCUT2D eigenvalue weighted by Gasteiger charge is -2.07. The van der Waals surface area contributed by atoms with Gasteiger partial charge in [-0.05, 0) is 37.8 Å². The molecule has 23 heavy (non-hydrogen) atoms. The minimum absolute atomic E-state index is 0. The lowest BCUT2D eigenvalue weighted by molar-refractivity contribution is -0.118. The highest BCUT2D eigenvalue weighted by molar-refractivity contribution is 7.15. The molecule has 1 aromatic carbocycles. The van der Waals surface area contributed by atoms with E-state index < -0.39 is 0 Å². The first kappa shape index (κ1) is 17.6. The van der Waals surface area contributed by atoms with E-state index in [1.807, 2.05) is 12.1 Å². The molecule has 0 spiro atoms. The SMILES string of the molecule is COc1cccc(OCC(=O)Nc2nc3c(s2)CCCC3)c1.Cl. The van der Waals surface area contributed by atoms with E-state index >= 15 is 0 Å². The Balaban J connectivity index is 0.00000192. The molecule has 124 valence electrons. The molecule has 0 bridgehead atoms. The molecule has 1 heterocycles. The van der Waals surface area contributed by atoms with Gasteiger partial charge in [0, 0.05) is 10.9 Å². The number of amides is 1. The zero-order valence-corrected chi connectivity index (χ0v) is 14.5. The van der Waals surface area contributed by atoms with Crippen molar-refractivity contribution in [3.63, 3.8) is 0 Å². The number of benzene rings is 1. The first-order valence-electron chi connectivity index (χ1n) is 7.30. The lowest BCUT2D eigenvalue weighted by atomic mass is 10.0. The summed E-state index contributed by atoms with van der Waals surface area (Å²) in [7, 11) is 1.59. The van der Waals surface area contributed by atoms with Gasteiger partial charge in [0.2, 0.25) is 0 Å². The van der Waals surface area contributed by atoms with Crippen LogP contribution >= 0.6 is 23.7 Å². The van der Waals surface area contributed by atoms with Crippen molar-refractivity contribution in [3.05, 3.63) is 34.8 Å². The second kappa shape index (κ2) is 8.17. The quantitative estimate of drug-likeness (QED) is 0.893. The van der Waals surface area contributed by atoms with E-state index in [1.54, 1.807) is 30.6 Å². The van der Waals surface area contributed by atoms with Crippen molar-refractivity contribution in [2.75, 3.05) is 19.0 Å². The Kier molecular flexibility index (Phi) is 6.24. The average Bonchev–Trinajstić information content (AvgIpc) is 2.95. The summed E-state index contributed by atoms with van der Waals surface area (Å²) in [5.74, 6) is 1.10. The van der Waals surface area contributed by atoms with Gasteiger partial charge in [-0.1, -0.05) is 6.07 Å². The van der Waals surface area contributed by atoms with Crippen LogP contribution in [0, 0.1) is 0 Å². The number of rotatable bonds is 5. The number of fused-ring (bicyclic) bond motifs is 1. The van der Waals surface area contributed by atoms with Gasteiger partial charge in [-0.3, -0.25) is 10.1 Å². The zero-order chi connectivity index (χ0) is 15.4. The molecule has 0 saturated carbocycles. The maximum Gasteiger partial charge on any atom is 0.264 e. The first-order valence-corrected chi connectivity index (χ1v) is 8.11. The van der Waals surface area contributed by atoms with Crippen LogP contribution in [-0.4, -0.2) is 24.6 Å². The molecular weight excluding hydrogens is 336 g/mol. The summed E-state index contributed by atoms with van der Waals surface area (Å²) in [6.45, 7) is -0.0442. The number of nitrogens with zero attached hydrogens (tertiary/aromatic N) is 1. The number of halogens is 1. The number of methoxy groups -OCH3 is 1. The van der Waals surface area contributed by atoms with Gasteiger partial charge in [0.05, 0.1) is 12.8 Å². The molecule has 0 saturated heterocycles. The Morgan fingerprint density at radius 1 is 1.30 bits per heavy atom. The lowest BCUT2D eigenvalue weighted by Crippen LogP contribution is -2.20. The number of carbonyl (C=O) groups is 1. The number of ether oxygens (including phenoxy) is 2. The molecule has 0 atom stereocenters. The number of aromatic nitrogens is 1. The van der Waals surface area contributed by atoms with Crippen LogP contribution in [0.25, 0.3) is 0 Å². The van der Waals surface area contributed by atoms with Crippen molar-refractivity contribution < 1.29 is 14.3 Å². The fraction of sp³-hybridized carbons (Fsp3) is 0.375. The molecule has 2 aromatic rings. The molecule has 1 aliphatic carbocycles. The van der Waals surface area contributed by atoms with Crippen LogP contribution in [0.2, 0.25) is 0 Å². The highest BCUT2D eigenvalue weighted by Gasteiger charge is 2.16. The molecule has 1 N–H and O–H groups in total. The highest BCUT2D eigenvalue weighted by atomic mass is 35.5. The molecule has 0 unspecified atom stereocenters. The summed E-state index contributed by atoms with van der Waals surface area (Å²) < 4.78 is 10.6. The van der Waals surface area contributed by atoms with E-state index in [1.165, 1.54) is 17.7 Å². The molecule has 1 amide bonds. The Hall–Kier alpha value is -1.79. The number of thiazole rings is 1. The second-order valence-corrected chi connectivity index (χ2v) is 6.20. The topological polar surface area (TPSA) is 60.5 Å². The van der Waals surface area contributed by atoms with E-state index in [0.29, 0.717) is 16.6 Å². The minimum atomic E-state index is -0.200. The minimum Gasteiger partial charge on any atom is -0.497 e. The Bertz CT molecular complexity index is 652. The third kappa shape index (κ3) is 4.59. The molecule has 1 aromatic heterocycles. The molecule has 0 radical (unpaired) electrons. The normalized spacial score (nSPS) is 12.7. The van der Waals surface area contributed by atoms with Gasteiger partial charge in [0.25, 0.3) is 5.91 Å². The third-order valence-electron chi connectivity index (χ3n) is 3.50.